The van der Waals surface area contributed by atoms with Gasteiger partial charge in [-0.15, -0.1) is 12.4 Å². The van der Waals surface area contributed by atoms with Gasteiger partial charge in [-0.1, -0.05) is 0 Å². The normalized spacial score (nSPS) is 23.5. The number of carbonyl (C=O) groups is 1. The molecule has 1 saturated heterocycles. The first-order valence-electron chi connectivity index (χ1n) is 3.27. The maximum Gasteiger partial charge on any atom is 0.224 e. The lowest BCUT2D eigenvalue weighted by Crippen LogP contribution is -2.28. The van der Waals surface area contributed by atoms with E-state index >= 15 is 0 Å². The number of amides is 1. The molecule has 0 aliphatic carbocycles. The second kappa shape index (κ2) is 4.52. The molecule has 0 aromatic heterocycles. The summed E-state index contributed by atoms with van der Waals surface area (Å²) in [6.07, 6.45) is 0.986. The van der Waals surface area contributed by atoms with Gasteiger partial charge in [0.15, 0.2) is 0 Å². The average molecular weight is 165 g/mol. The van der Waals surface area contributed by atoms with Crippen LogP contribution in [-0.4, -0.2) is 26.0 Å². The first-order chi connectivity index (χ1) is 4.34. The Morgan fingerprint density at radius 1 is 1.70 bits per heavy atom. The first kappa shape index (κ1) is 9.72. The van der Waals surface area contributed by atoms with Crippen molar-refractivity contribution < 1.29 is 4.79 Å². The molecular weight excluding hydrogens is 152 g/mol. The fraction of sp³-hybridized carbons (Fsp3) is 0.833. The number of nitrogens with one attached hydrogen (secondary N) is 2. The van der Waals surface area contributed by atoms with E-state index in [2.05, 4.69) is 10.6 Å². The van der Waals surface area contributed by atoms with Crippen molar-refractivity contribution in [3.05, 3.63) is 0 Å². The minimum atomic E-state index is 0. The van der Waals surface area contributed by atoms with Crippen molar-refractivity contribution >= 4 is 18.3 Å². The predicted octanol–water partition coefficient (Wildman–Crippen LogP) is -0.236. The molecule has 60 valence electrons. The van der Waals surface area contributed by atoms with Crippen LogP contribution >= 0.6 is 12.4 Å². The van der Waals surface area contributed by atoms with E-state index in [9.17, 15) is 4.79 Å². The number of halogens is 1. The third-order valence-electron chi connectivity index (χ3n) is 1.68. The Morgan fingerprint density at radius 2 is 2.40 bits per heavy atom. The van der Waals surface area contributed by atoms with Crippen LogP contribution in [0.2, 0.25) is 0 Å². The number of hydrogen-bond acceptors (Lipinski definition) is 2. The molecule has 10 heavy (non-hydrogen) atoms. The molecule has 0 saturated carbocycles. The SMILES string of the molecule is CNC(=O)C1CCNC1.Cl. The monoisotopic (exact) mass is 164 g/mol. The highest BCUT2D eigenvalue weighted by Crippen LogP contribution is 2.05. The van der Waals surface area contributed by atoms with Crippen molar-refractivity contribution in [1.82, 2.24) is 10.6 Å². The van der Waals surface area contributed by atoms with Crippen molar-refractivity contribution in [1.29, 1.82) is 0 Å². The molecule has 3 nitrogen and oxygen atoms in total. The molecule has 2 N–H and O–H groups in total. The highest BCUT2D eigenvalue weighted by Gasteiger charge is 2.20. The lowest BCUT2D eigenvalue weighted by Gasteiger charge is -2.03. The van der Waals surface area contributed by atoms with Crippen LogP contribution in [0.1, 0.15) is 6.42 Å². The number of rotatable bonds is 1. The Kier molecular flexibility index (Phi) is 4.40. The fourth-order valence-corrected chi connectivity index (χ4v) is 1.08. The van der Waals surface area contributed by atoms with Crippen LogP contribution in [0, 0.1) is 5.92 Å². The highest BCUT2D eigenvalue weighted by atomic mass is 35.5. The van der Waals surface area contributed by atoms with E-state index in [-0.39, 0.29) is 24.2 Å². The summed E-state index contributed by atoms with van der Waals surface area (Å²) in [4.78, 5) is 10.9. The van der Waals surface area contributed by atoms with E-state index in [0.717, 1.165) is 19.5 Å². The van der Waals surface area contributed by atoms with Gasteiger partial charge < -0.3 is 10.6 Å². The van der Waals surface area contributed by atoms with E-state index in [1.165, 1.54) is 0 Å². The summed E-state index contributed by atoms with van der Waals surface area (Å²) in [5, 5.41) is 5.75. The molecule has 1 amide bonds. The van der Waals surface area contributed by atoms with Gasteiger partial charge in [0.05, 0.1) is 5.92 Å². The molecule has 0 radical (unpaired) electrons. The van der Waals surface area contributed by atoms with E-state index in [1.54, 1.807) is 7.05 Å². The van der Waals surface area contributed by atoms with Gasteiger partial charge in [0.1, 0.15) is 0 Å². The average Bonchev–Trinajstić information content (AvgIpc) is 2.37. The topological polar surface area (TPSA) is 41.1 Å². The molecule has 0 aromatic rings. The van der Waals surface area contributed by atoms with Crippen LogP contribution in [0.5, 0.6) is 0 Å². The largest absolute Gasteiger partial charge is 0.359 e. The van der Waals surface area contributed by atoms with Gasteiger partial charge >= 0.3 is 0 Å². The molecule has 1 fully saturated rings. The summed E-state index contributed by atoms with van der Waals surface area (Å²) < 4.78 is 0. The van der Waals surface area contributed by atoms with Gasteiger partial charge in [0, 0.05) is 13.6 Å². The number of hydrogen-bond donors (Lipinski definition) is 2. The first-order valence-corrected chi connectivity index (χ1v) is 3.27. The Balaban J connectivity index is 0.000000810. The molecule has 0 bridgehead atoms. The van der Waals surface area contributed by atoms with Crippen LogP contribution in [-0.2, 0) is 4.79 Å². The minimum Gasteiger partial charge on any atom is -0.359 e. The summed E-state index contributed by atoms with van der Waals surface area (Å²) in [6.45, 7) is 1.83. The lowest BCUT2D eigenvalue weighted by atomic mass is 10.1. The summed E-state index contributed by atoms with van der Waals surface area (Å²) in [6, 6.07) is 0. The Bertz CT molecular complexity index is 112. The summed E-state index contributed by atoms with van der Waals surface area (Å²) in [5.74, 6) is 0.384. The molecule has 1 unspecified atom stereocenters. The van der Waals surface area contributed by atoms with Crippen molar-refractivity contribution in [3.63, 3.8) is 0 Å². The third-order valence-corrected chi connectivity index (χ3v) is 1.68. The zero-order valence-electron chi connectivity index (χ0n) is 6.02. The molecule has 1 atom stereocenters. The molecule has 0 aromatic carbocycles. The molecule has 1 rings (SSSR count). The lowest BCUT2D eigenvalue weighted by molar-refractivity contribution is -0.123. The Labute approximate surface area is 67.0 Å². The molecule has 4 heteroatoms. The van der Waals surface area contributed by atoms with Crippen LogP contribution in [0.4, 0.5) is 0 Å². The van der Waals surface area contributed by atoms with Gasteiger partial charge in [0.25, 0.3) is 0 Å². The van der Waals surface area contributed by atoms with E-state index in [4.69, 9.17) is 0 Å². The standard InChI is InChI=1S/C6H12N2O.ClH/c1-7-6(9)5-2-3-8-4-5;/h5,8H,2-4H2,1H3,(H,7,9);1H. The van der Waals surface area contributed by atoms with Gasteiger partial charge in [-0.2, -0.15) is 0 Å². The Hall–Kier alpha value is -0.280. The molecule has 1 aliphatic heterocycles. The van der Waals surface area contributed by atoms with Crippen LogP contribution in [0.25, 0.3) is 0 Å². The van der Waals surface area contributed by atoms with Gasteiger partial charge in [-0.05, 0) is 13.0 Å². The van der Waals surface area contributed by atoms with Crippen molar-refractivity contribution in [2.24, 2.45) is 5.92 Å². The van der Waals surface area contributed by atoms with E-state index in [1.807, 2.05) is 0 Å². The zero-order chi connectivity index (χ0) is 6.69. The molecular formula is C6H13ClN2O. The molecule has 1 heterocycles. The van der Waals surface area contributed by atoms with Crippen molar-refractivity contribution in [2.75, 3.05) is 20.1 Å². The van der Waals surface area contributed by atoms with Crippen LogP contribution < -0.4 is 10.6 Å². The predicted molar refractivity (Wildman–Crippen MR) is 42.3 cm³/mol. The van der Waals surface area contributed by atoms with Crippen molar-refractivity contribution in [2.45, 2.75) is 6.42 Å². The molecule has 1 aliphatic rings. The zero-order valence-corrected chi connectivity index (χ0v) is 6.83. The van der Waals surface area contributed by atoms with Crippen LogP contribution in [0.3, 0.4) is 0 Å². The second-order valence-corrected chi connectivity index (χ2v) is 2.30. The maximum atomic E-state index is 10.9. The smallest absolute Gasteiger partial charge is 0.224 e. The van der Waals surface area contributed by atoms with Gasteiger partial charge in [-0.3, -0.25) is 4.79 Å². The third kappa shape index (κ3) is 2.15. The van der Waals surface area contributed by atoms with Crippen molar-refractivity contribution in [3.8, 4) is 0 Å². The number of carbonyl (C=O) groups excluding carboxylic acids is 1. The summed E-state index contributed by atoms with van der Waals surface area (Å²) in [5.41, 5.74) is 0. The fourth-order valence-electron chi connectivity index (χ4n) is 1.08. The second-order valence-electron chi connectivity index (χ2n) is 2.30. The minimum absolute atomic E-state index is 0. The van der Waals surface area contributed by atoms with Gasteiger partial charge in [0.2, 0.25) is 5.91 Å². The summed E-state index contributed by atoms with van der Waals surface area (Å²) >= 11 is 0. The molecule has 0 spiro atoms. The summed E-state index contributed by atoms with van der Waals surface area (Å²) in [7, 11) is 1.68. The Morgan fingerprint density at radius 3 is 2.80 bits per heavy atom. The van der Waals surface area contributed by atoms with E-state index < -0.39 is 0 Å². The highest BCUT2D eigenvalue weighted by molar-refractivity contribution is 5.85. The maximum absolute atomic E-state index is 10.9. The van der Waals surface area contributed by atoms with Gasteiger partial charge in [-0.25, -0.2) is 0 Å². The quantitative estimate of drug-likeness (QED) is 0.562. The van der Waals surface area contributed by atoms with Crippen LogP contribution in [0.15, 0.2) is 0 Å². The van der Waals surface area contributed by atoms with E-state index in [0.29, 0.717) is 0 Å².